The van der Waals surface area contributed by atoms with Crippen LogP contribution >= 0.6 is 0 Å². The van der Waals surface area contributed by atoms with Crippen molar-refractivity contribution in [3.63, 3.8) is 0 Å². The molecule has 0 unspecified atom stereocenters. The van der Waals surface area contributed by atoms with Crippen LogP contribution in [0.2, 0.25) is 0 Å². The number of rotatable bonds is 4. The molecule has 0 heterocycles. The second-order valence-corrected chi connectivity index (χ2v) is 6.90. The molecule has 5 nitrogen and oxygen atoms in total. The standard InChI is InChI=1S/C14H18FNO4S/c1-9-12(6-11(15)7-13(9)21(16,18)19)14(17)20-8-10-4-2-3-5-10/h6-7,10H,2-5,8H2,1H3,(H2,16,18,19). The minimum absolute atomic E-state index is 0.1000. The maximum atomic E-state index is 13.5. The lowest BCUT2D eigenvalue weighted by Gasteiger charge is -2.13. The fraction of sp³-hybridized carbons (Fsp3) is 0.500. The second kappa shape index (κ2) is 6.11. The van der Waals surface area contributed by atoms with Crippen molar-refractivity contribution in [3.05, 3.63) is 29.1 Å². The van der Waals surface area contributed by atoms with E-state index in [-0.39, 0.29) is 17.7 Å². The summed E-state index contributed by atoms with van der Waals surface area (Å²) >= 11 is 0. The Labute approximate surface area is 123 Å². The first-order valence-electron chi connectivity index (χ1n) is 6.79. The first kappa shape index (κ1) is 15.9. The van der Waals surface area contributed by atoms with Gasteiger partial charge in [0.05, 0.1) is 17.1 Å². The SMILES string of the molecule is Cc1c(C(=O)OCC2CCCC2)cc(F)cc1S(N)(=O)=O. The van der Waals surface area contributed by atoms with Crippen LogP contribution in [0.25, 0.3) is 0 Å². The number of primary sulfonamides is 1. The van der Waals surface area contributed by atoms with Crippen molar-refractivity contribution in [2.75, 3.05) is 6.61 Å². The van der Waals surface area contributed by atoms with Crippen molar-refractivity contribution in [1.82, 2.24) is 0 Å². The number of halogens is 1. The molecule has 2 rings (SSSR count). The fourth-order valence-corrected chi connectivity index (χ4v) is 3.42. The van der Waals surface area contributed by atoms with Gasteiger partial charge in [0.25, 0.3) is 0 Å². The Balaban J connectivity index is 2.22. The van der Waals surface area contributed by atoms with E-state index in [1.807, 2.05) is 0 Å². The van der Waals surface area contributed by atoms with E-state index in [0.717, 1.165) is 37.8 Å². The third-order valence-corrected chi connectivity index (χ3v) is 4.81. The number of sulfonamides is 1. The van der Waals surface area contributed by atoms with E-state index >= 15 is 0 Å². The summed E-state index contributed by atoms with van der Waals surface area (Å²) in [5.41, 5.74) is 0.00680. The Kier molecular flexibility index (Phi) is 4.63. The summed E-state index contributed by atoms with van der Waals surface area (Å²) in [5, 5.41) is 5.02. The number of carbonyl (C=O) groups is 1. The summed E-state index contributed by atoms with van der Waals surface area (Å²) in [6.07, 6.45) is 4.27. The Hall–Kier alpha value is -1.47. The molecule has 0 radical (unpaired) electrons. The average Bonchev–Trinajstić information content (AvgIpc) is 2.90. The highest BCUT2D eigenvalue weighted by molar-refractivity contribution is 7.89. The predicted octanol–water partition coefficient (Wildman–Crippen LogP) is 2.13. The summed E-state index contributed by atoms with van der Waals surface area (Å²) in [5.74, 6) is -1.22. The molecule has 0 atom stereocenters. The van der Waals surface area contributed by atoms with Crippen LogP contribution in [0.4, 0.5) is 4.39 Å². The van der Waals surface area contributed by atoms with Gasteiger partial charge in [0.2, 0.25) is 10.0 Å². The van der Waals surface area contributed by atoms with Crippen LogP contribution in [-0.2, 0) is 14.8 Å². The highest BCUT2D eigenvalue weighted by Gasteiger charge is 2.22. The van der Waals surface area contributed by atoms with Crippen LogP contribution in [0.15, 0.2) is 17.0 Å². The molecule has 2 N–H and O–H groups in total. The number of benzene rings is 1. The van der Waals surface area contributed by atoms with Crippen molar-refractivity contribution in [2.45, 2.75) is 37.5 Å². The van der Waals surface area contributed by atoms with E-state index in [1.165, 1.54) is 6.92 Å². The van der Waals surface area contributed by atoms with E-state index in [4.69, 9.17) is 9.88 Å². The van der Waals surface area contributed by atoms with E-state index in [9.17, 15) is 17.6 Å². The van der Waals surface area contributed by atoms with Crippen LogP contribution in [0.5, 0.6) is 0 Å². The Morgan fingerprint density at radius 2 is 2.00 bits per heavy atom. The molecule has 1 aliphatic carbocycles. The van der Waals surface area contributed by atoms with Crippen LogP contribution < -0.4 is 5.14 Å². The molecular weight excluding hydrogens is 297 g/mol. The molecule has 0 aliphatic heterocycles. The average molecular weight is 315 g/mol. The Bertz CT molecular complexity index is 651. The minimum atomic E-state index is -4.09. The molecule has 21 heavy (non-hydrogen) atoms. The van der Waals surface area contributed by atoms with Gasteiger partial charge >= 0.3 is 5.97 Å². The zero-order chi connectivity index (χ0) is 15.6. The van der Waals surface area contributed by atoms with Crippen molar-refractivity contribution in [1.29, 1.82) is 0 Å². The Morgan fingerprint density at radius 3 is 2.57 bits per heavy atom. The molecule has 1 aromatic carbocycles. The van der Waals surface area contributed by atoms with Gasteiger partial charge in [-0.1, -0.05) is 12.8 Å². The molecule has 1 aliphatic rings. The first-order valence-corrected chi connectivity index (χ1v) is 8.33. The second-order valence-electron chi connectivity index (χ2n) is 5.37. The van der Waals surface area contributed by atoms with Gasteiger partial charge in [0.1, 0.15) is 5.82 Å². The van der Waals surface area contributed by atoms with E-state index in [1.54, 1.807) is 0 Å². The van der Waals surface area contributed by atoms with Gasteiger partial charge < -0.3 is 4.74 Å². The first-order chi connectivity index (χ1) is 9.79. The fourth-order valence-electron chi connectivity index (χ4n) is 2.61. The molecule has 0 spiro atoms. The van der Waals surface area contributed by atoms with Gasteiger partial charge in [-0.05, 0) is 43.4 Å². The van der Waals surface area contributed by atoms with Gasteiger partial charge in [-0.3, -0.25) is 0 Å². The van der Waals surface area contributed by atoms with E-state index in [0.29, 0.717) is 5.92 Å². The predicted molar refractivity (Wildman–Crippen MR) is 74.8 cm³/mol. The Morgan fingerprint density at radius 1 is 1.38 bits per heavy atom. The molecule has 7 heteroatoms. The lowest BCUT2D eigenvalue weighted by molar-refractivity contribution is 0.0441. The number of nitrogens with two attached hydrogens (primary N) is 1. The number of esters is 1. The maximum absolute atomic E-state index is 13.5. The molecule has 116 valence electrons. The minimum Gasteiger partial charge on any atom is -0.462 e. The summed E-state index contributed by atoms with van der Waals surface area (Å²) in [6.45, 7) is 1.69. The third-order valence-electron chi connectivity index (χ3n) is 3.78. The molecule has 0 amide bonds. The zero-order valence-electron chi connectivity index (χ0n) is 11.8. The molecule has 0 aromatic heterocycles. The van der Waals surface area contributed by atoms with Crippen LogP contribution in [-0.4, -0.2) is 21.0 Å². The quantitative estimate of drug-likeness (QED) is 0.862. The number of hydrogen-bond acceptors (Lipinski definition) is 4. The van der Waals surface area contributed by atoms with Crippen LogP contribution in [0.1, 0.15) is 41.6 Å². The molecule has 1 fully saturated rings. The topological polar surface area (TPSA) is 86.5 Å². The number of carbonyl (C=O) groups excluding carboxylic acids is 1. The van der Waals surface area contributed by atoms with Gasteiger partial charge in [-0.15, -0.1) is 0 Å². The molecule has 0 bridgehead atoms. The van der Waals surface area contributed by atoms with Crippen LogP contribution in [0, 0.1) is 18.7 Å². The lowest BCUT2D eigenvalue weighted by atomic mass is 10.1. The molecular formula is C14H18FNO4S. The molecule has 1 saturated carbocycles. The summed E-state index contributed by atoms with van der Waals surface area (Å²) in [7, 11) is -4.09. The summed E-state index contributed by atoms with van der Waals surface area (Å²) < 4.78 is 41.5. The highest BCUT2D eigenvalue weighted by Crippen LogP contribution is 2.26. The lowest BCUT2D eigenvalue weighted by Crippen LogP contribution is -2.18. The van der Waals surface area contributed by atoms with Crippen molar-refractivity contribution in [2.24, 2.45) is 11.1 Å². The maximum Gasteiger partial charge on any atom is 0.338 e. The van der Waals surface area contributed by atoms with Crippen LogP contribution in [0.3, 0.4) is 0 Å². The van der Waals surface area contributed by atoms with Crippen molar-refractivity contribution >= 4 is 16.0 Å². The summed E-state index contributed by atoms with van der Waals surface area (Å²) in [4.78, 5) is 11.6. The van der Waals surface area contributed by atoms with E-state index < -0.39 is 26.7 Å². The van der Waals surface area contributed by atoms with Gasteiger partial charge in [-0.2, -0.15) is 0 Å². The van der Waals surface area contributed by atoms with Crippen molar-refractivity contribution < 1.29 is 22.3 Å². The van der Waals surface area contributed by atoms with Crippen molar-refractivity contribution in [3.8, 4) is 0 Å². The molecule has 0 saturated heterocycles. The normalized spacial score (nSPS) is 16.1. The third kappa shape index (κ3) is 3.79. The zero-order valence-corrected chi connectivity index (χ0v) is 12.6. The largest absolute Gasteiger partial charge is 0.462 e. The van der Waals surface area contributed by atoms with Gasteiger partial charge in [0, 0.05) is 0 Å². The summed E-state index contributed by atoms with van der Waals surface area (Å²) in [6, 6.07) is 1.78. The van der Waals surface area contributed by atoms with Gasteiger partial charge in [0.15, 0.2) is 0 Å². The number of ether oxygens (including phenoxy) is 1. The van der Waals surface area contributed by atoms with E-state index in [2.05, 4.69) is 0 Å². The number of hydrogen-bond donors (Lipinski definition) is 1. The highest BCUT2D eigenvalue weighted by atomic mass is 32.2. The van der Waals surface area contributed by atoms with Gasteiger partial charge in [-0.25, -0.2) is 22.7 Å². The monoisotopic (exact) mass is 315 g/mol. The molecule has 1 aromatic rings. The smallest absolute Gasteiger partial charge is 0.338 e.